The number of hydrogen-bond donors (Lipinski definition) is 1. The van der Waals surface area contributed by atoms with E-state index >= 15 is 0 Å². The van der Waals surface area contributed by atoms with Gasteiger partial charge in [-0.1, -0.05) is 25.0 Å². The molecule has 4 heteroatoms. The second kappa shape index (κ2) is 5.76. The quantitative estimate of drug-likeness (QED) is 0.923. The van der Waals surface area contributed by atoms with Crippen LogP contribution in [-0.4, -0.2) is 29.1 Å². The van der Waals surface area contributed by atoms with Crippen LogP contribution in [0.15, 0.2) is 18.2 Å². The van der Waals surface area contributed by atoms with Crippen LogP contribution in [0.4, 0.5) is 4.39 Å². The van der Waals surface area contributed by atoms with Crippen molar-refractivity contribution < 1.29 is 14.3 Å². The normalized spacial score (nSPS) is 21.8. The number of halogens is 1. The third-order valence-electron chi connectivity index (χ3n) is 5.28. The Bertz CT molecular complexity index is 528. The van der Waals surface area contributed by atoms with E-state index < -0.39 is 11.8 Å². The highest BCUT2D eigenvalue weighted by molar-refractivity contribution is 5.88. The Labute approximate surface area is 124 Å². The molecule has 0 unspecified atom stereocenters. The number of benzene rings is 1. The average Bonchev–Trinajstić information content (AvgIpc) is 2.92. The highest BCUT2D eigenvalue weighted by Gasteiger charge is 2.36. The summed E-state index contributed by atoms with van der Waals surface area (Å²) in [5.41, 5.74) is 0.826. The van der Waals surface area contributed by atoms with Crippen molar-refractivity contribution in [3.05, 3.63) is 35.1 Å². The zero-order valence-corrected chi connectivity index (χ0v) is 12.3. The van der Waals surface area contributed by atoms with Gasteiger partial charge in [0.05, 0.1) is 5.56 Å². The molecule has 0 aromatic heterocycles. The van der Waals surface area contributed by atoms with Crippen LogP contribution in [0.2, 0.25) is 0 Å². The molecule has 0 atom stereocenters. The molecule has 3 nitrogen and oxygen atoms in total. The molecule has 1 aliphatic heterocycles. The van der Waals surface area contributed by atoms with Crippen LogP contribution in [0.1, 0.15) is 54.4 Å². The van der Waals surface area contributed by atoms with Crippen molar-refractivity contribution in [3.8, 4) is 0 Å². The molecule has 1 saturated heterocycles. The van der Waals surface area contributed by atoms with Gasteiger partial charge in [-0.25, -0.2) is 9.18 Å². The van der Waals surface area contributed by atoms with E-state index in [1.807, 2.05) is 0 Å². The van der Waals surface area contributed by atoms with E-state index in [9.17, 15) is 9.18 Å². The van der Waals surface area contributed by atoms with E-state index in [0.29, 0.717) is 17.5 Å². The topological polar surface area (TPSA) is 40.5 Å². The van der Waals surface area contributed by atoms with Crippen molar-refractivity contribution in [2.45, 2.75) is 45.1 Å². The van der Waals surface area contributed by atoms with Crippen LogP contribution in [-0.2, 0) is 6.54 Å². The number of rotatable bonds is 3. The largest absolute Gasteiger partial charge is 0.478 e. The lowest BCUT2D eigenvalue weighted by Gasteiger charge is -2.39. The number of hydrogen-bond acceptors (Lipinski definition) is 2. The molecule has 1 aliphatic carbocycles. The van der Waals surface area contributed by atoms with E-state index in [4.69, 9.17) is 5.11 Å². The number of likely N-dealkylation sites (tertiary alicyclic amines) is 1. The Kier molecular flexibility index (Phi) is 3.98. The summed E-state index contributed by atoms with van der Waals surface area (Å²) in [6, 6.07) is 4.65. The molecule has 0 radical (unpaired) electrons. The van der Waals surface area contributed by atoms with Gasteiger partial charge in [0.15, 0.2) is 0 Å². The molecule has 1 aromatic rings. The smallest absolute Gasteiger partial charge is 0.338 e. The molecule has 0 bridgehead atoms. The van der Waals surface area contributed by atoms with Gasteiger partial charge < -0.3 is 5.11 Å². The summed E-state index contributed by atoms with van der Waals surface area (Å²) in [6.07, 6.45) is 7.82. The van der Waals surface area contributed by atoms with Crippen molar-refractivity contribution in [3.63, 3.8) is 0 Å². The van der Waals surface area contributed by atoms with E-state index in [1.54, 1.807) is 12.1 Å². The summed E-state index contributed by atoms with van der Waals surface area (Å²) < 4.78 is 14.2. The lowest BCUT2D eigenvalue weighted by atomic mass is 9.77. The number of carbonyl (C=O) groups is 1. The molecular weight excluding hydrogens is 269 g/mol. The van der Waals surface area contributed by atoms with Gasteiger partial charge in [-0.15, -0.1) is 0 Å². The van der Waals surface area contributed by atoms with E-state index in [2.05, 4.69) is 4.90 Å². The molecule has 3 rings (SSSR count). The van der Waals surface area contributed by atoms with Gasteiger partial charge in [-0.3, -0.25) is 4.90 Å². The van der Waals surface area contributed by atoms with Gasteiger partial charge in [0.25, 0.3) is 0 Å². The third kappa shape index (κ3) is 2.95. The first kappa shape index (κ1) is 14.5. The van der Waals surface area contributed by atoms with Crippen LogP contribution < -0.4 is 0 Å². The maximum Gasteiger partial charge on any atom is 0.338 e. The second-order valence-corrected chi connectivity index (χ2v) is 6.57. The van der Waals surface area contributed by atoms with Gasteiger partial charge in [0, 0.05) is 12.1 Å². The number of aromatic carboxylic acids is 1. The van der Waals surface area contributed by atoms with Crippen LogP contribution in [0.5, 0.6) is 0 Å². The minimum atomic E-state index is -1.20. The van der Waals surface area contributed by atoms with Gasteiger partial charge in [-0.2, -0.15) is 0 Å². The predicted molar refractivity (Wildman–Crippen MR) is 78.8 cm³/mol. The summed E-state index contributed by atoms with van der Waals surface area (Å²) in [5.74, 6) is -1.77. The van der Waals surface area contributed by atoms with E-state index in [-0.39, 0.29) is 5.56 Å². The van der Waals surface area contributed by atoms with Crippen molar-refractivity contribution in [2.75, 3.05) is 13.1 Å². The zero-order chi connectivity index (χ0) is 14.9. The summed E-state index contributed by atoms with van der Waals surface area (Å²) in [6.45, 7) is 2.51. The van der Waals surface area contributed by atoms with E-state index in [0.717, 1.165) is 13.1 Å². The predicted octanol–water partition coefficient (Wildman–Crippen LogP) is 3.68. The van der Waals surface area contributed by atoms with Crippen LogP contribution in [0, 0.1) is 11.2 Å². The molecule has 1 N–H and O–H groups in total. The summed E-state index contributed by atoms with van der Waals surface area (Å²) in [5, 5.41) is 8.98. The minimum absolute atomic E-state index is 0.225. The molecule has 21 heavy (non-hydrogen) atoms. The first-order valence-corrected chi connectivity index (χ1v) is 7.83. The summed E-state index contributed by atoms with van der Waals surface area (Å²) in [4.78, 5) is 13.2. The maximum atomic E-state index is 14.2. The molecule has 1 aromatic carbocycles. The van der Waals surface area contributed by atoms with Crippen molar-refractivity contribution in [1.82, 2.24) is 4.90 Å². The first-order chi connectivity index (χ1) is 10.1. The lowest BCUT2D eigenvalue weighted by Crippen LogP contribution is -2.38. The van der Waals surface area contributed by atoms with Gasteiger partial charge in [-0.05, 0) is 50.3 Å². The number of carboxylic acids is 1. The Morgan fingerprint density at radius 1 is 1.19 bits per heavy atom. The van der Waals surface area contributed by atoms with Crippen molar-refractivity contribution in [1.29, 1.82) is 0 Å². The van der Waals surface area contributed by atoms with E-state index in [1.165, 1.54) is 44.6 Å². The maximum absolute atomic E-state index is 14.2. The molecule has 0 amide bonds. The van der Waals surface area contributed by atoms with Gasteiger partial charge in [0.1, 0.15) is 5.82 Å². The number of nitrogens with zero attached hydrogens (tertiary/aromatic N) is 1. The monoisotopic (exact) mass is 291 g/mol. The molecule has 1 saturated carbocycles. The second-order valence-electron chi connectivity index (χ2n) is 6.57. The zero-order valence-electron chi connectivity index (χ0n) is 12.3. The van der Waals surface area contributed by atoms with Crippen LogP contribution >= 0.6 is 0 Å². The van der Waals surface area contributed by atoms with Gasteiger partial charge >= 0.3 is 5.97 Å². The van der Waals surface area contributed by atoms with Crippen LogP contribution in [0.25, 0.3) is 0 Å². The molecule has 114 valence electrons. The first-order valence-electron chi connectivity index (χ1n) is 7.83. The SMILES string of the molecule is O=C(O)c1cccc(CN2CCC3(CCCC3)CC2)c1F. The minimum Gasteiger partial charge on any atom is -0.478 e. The fourth-order valence-corrected chi connectivity index (χ4v) is 3.92. The van der Waals surface area contributed by atoms with Crippen molar-refractivity contribution in [2.24, 2.45) is 5.41 Å². The Hall–Kier alpha value is -1.42. The van der Waals surface area contributed by atoms with Crippen LogP contribution in [0.3, 0.4) is 0 Å². The third-order valence-corrected chi connectivity index (χ3v) is 5.28. The highest BCUT2D eigenvalue weighted by atomic mass is 19.1. The summed E-state index contributed by atoms with van der Waals surface area (Å²) in [7, 11) is 0. The summed E-state index contributed by atoms with van der Waals surface area (Å²) >= 11 is 0. The Morgan fingerprint density at radius 3 is 2.48 bits per heavy atom. The fraction of sp³-hybridized carbons (Fsp3) is 0.588. The van der Waals surface area contributed by atoms with Crippen molar-refractivity contribution >= 4 is 5.97 Å². The molecule has 2 aliphatic rings. The molecule has 1 spiro atoms. The molecule has 1 heterocycles. The molecule has 2 fully saturated rings. The van der Waals surface area contributed by atoms with Gasteiger partial charge in [0.2, 0.25) is 0 Å². The number of piperidine rings is 1. The average molecular weight is 291 g/mol. The molecular formula is C17H22FNO2. The standard InChI is InChI=1S/C17H22FNO2/c18-15-13(4-3-5-14(15)16(20)21)12-19-10-8-17(9-11-19)6-1-2-7-17/h3-5H,1-2,6-12H2,(H,20,21). The lowest BCUT2D eigenvalue weighted by molar-refractivity contribution is 0.0691. The fourth-order valence-electron chi connectivity index (χ4n) is 3.92. The number of carboxylic acid groups (broad SMARTS) is 1. The highest BCUT2D eigenvalue weighted by Crippen LogP contribution is 2.46. The Balaban J connectivity index is 1.65. The Morgan fingerprint density at radius 2 is 1.86 bits per heavy atom.